The smallest absolute Gasteiger partial charge is 0.264 e. The van der Waals surface area contributed by atoms with Gasteiger partial charge >= 0.3 is 0 Å². The lowest BCUT2D eigenvalue weighted by Gasteiger charge is -2.09. The fourth-order valence-electron chi connectivity index (χ4n) is 3.34. The largest absolute Gasteiger partial charge is 0.318 e. The third kappa shape index (κ3) is 4.09. The van der Waals surface area contributed by atoms with Crippen LogP contribution in [0.3, 0.4) is 0 Å². The van der Waals surface area contributed by atoms with Gasteiger partial charge in [0.2, 0.25) is 0 Å². The molecule has 1 amide bonds. The topological polar surface area (TPSA) is 46.4 Å². The summed E-state index contributed by atoms with van der Waals surface area (Å²) < 4.78 is 3.24. The van der Waals surface area contributed by atoms with E-state index >= 15 is 0 Å². The summed E-state index contributed by atoms with van der Waals surface area (Å²) in [6, 6.07) is 18.2. The molecule has 1 aliphatic rings. The normalized spacial score (nSPS) is 16.6. The second kappa shape index (κ2) is 8.05. The van der Waals surface area contributed by atoms with Crippen molar-refractivity contribution in [1.82, 2.24) is 9.88 Å². The lowest BCUT2D eigenvalue weighted by molar-refractivity contribution is -0.115. The minimum absolute atomic E-state index is 0.115. The molecule has 0 spiro atoms. The SMILES string of the molecule is Cc1ccccc1N=C1NC(=O)/C(=C/c2cc(C)n(-c3ccc(Br)cc3)c2C)S1. The summed E-state index contributed by atoms with van der Waals surface area (Å²) in [4.78, 5) is 17.7. The summed E-state index contributed by atoms with van der Waals surface area (Å²) >= 11 is 4.86. The number of thioether (sulfide) groups is 1. The lowest BCUT2D eigenvalue weighted by atomic mass is 10.2. The standard InChI is InChI=1S/C23H20BrN3OS/c1-14-6-4-5-7-20(14)25-23-26-22(28)21(29-23)13-17-12-15(2)27(16(17)3)19-10-8-18(24)9-11-19/h4-13H,1-3H3,(H,25,26,28)/b21-13-. The first-order valence-electron chi connectivity index (χ1n) is 9.22. The van der Waals surface area contributed by atoms with E-state index in [1.54, 1.807) is 0 Å². The summed E-state index contributed by atoms with van der Waals surface area (Å²) in [6.07, 6.45) is 1.94. The number of halogens is 1. The fourth-order valence-corrected chi connectivity index (χ4v) is 4.43. The van der Waals surface area contributed by atoms with Gasteiger partial charge in [0, 0.05) is 21.5 Å². The van der Waals surface area contributed by atoms with Crippen LogP contribution in [0.15, 0.2) is 69.0 Å². The highest BCUT2D eigenvalue weighted by atomic mass is 79.9. The van der Waals surface area contributed by atoms with E-state index in [9.17, 15) is 4.79 Å². The number of rotatable bonds is 3. The van der Waals surface area contributed by atoms with Crippen LogP contribution in [-0.4, -0.2) is 15.6 Å². The summed E-state index contributed by atoms with van der Waals surface area (Å²) in [5.74, 6) is -0.115. The highest BCUT2D eigenvalue weighted by Gasteiger charge is 2.24. The number of carbonyl (C=O) groups excluding carboxylic acids is 1. The molecule has 29 heavy (non-hydrogen) atoms. The Bertz CT molecular complexity index is 1160. The molecule has 1 N–H and O–H groups in total. The number of nitrogens with zero attached hydrogens (tertiary/aromatic N) is 2. The van der Waals surface area contributed by atoms with Crippen LogP contribution in [0.2, 0.25) is 0 Å². The number of para-hydroxylation sites is 1. The van der Waals surface area contributed by atoms with Gasteiger partial charge in [-0.2, -0.15) is 0 Å². The zero-order chi connectivity index (χ0) is 20.5. The van der Waals surface area contributed by atoms with E-state index in [4.69, 9.17) is 0 Å². The molecule has 2 heterocycles. The molecule has 0 atom stereocenters. The van der Waals surface area contributed by atoms with Gasteiger partial charge in [-0.15, -0.1) is 0 Å². The third-order valence-corrected chi connectivity index (χ3v) is 6.27. The van der Waals surface area contributed by atoms with Crippen LogP contribution < -0.4 is 5.32 Å². The maximum absolute atomic E-state index is 12.5. The molecular formula is C23H20BrN3OS. The first kappa shape index (κ1) is 19.7. The van der Waals surface area contributed by atoms with Gasteiger partial charge in [-0.25, -0.2) is 4.99 Å². The molecule has 2 aromatic carbocycles. The molecule has 1 fully saturated rings. The Hall–Kier alpha value is -2.57. The van der Waals surface area contributed by atoms with Crippen molar-refractivity contribution in [3.05, 3.63) is 86.5 Å². The molecule has 0 bridgehead atoms. The Morgan fingerprint density at radius 3 is 2.52 bits per heavy atom. The highest BCUT2D eigenvalue weighted by molar-refractivity contribution is 9.10. The maximum Gasteiger partial charge on any atom is 0.264 e. The summed E-state index contributed by atoms with van der Waals surface area (Å²) in [5, 5.41) is 3.48. The van der Waals surface area contributed by atoms with Crippen molar-refractivity contribution in [1.29, 1.82) is 0 Å². The third-order valence-electron chi connectivity index (χ3n) is 4.83. The van der Waals surface area contributed by atoms with Gasteiger partial charge in [-0.05, 0) is 86.1 Å². The minimum atomic E-state index is -0.115. The highest BCUT2D eigenvalue weighted by Crippen LogP contribution is 2.31. The molecule has 1 aromatic heterocycles. The Morgan fingerprint density at radius 1 is 1.07 bits per heavy atom. The first-order chi connectivity index (χ1) is 13.9. The fraction of sp³-hybridized carbons (Fsp3) is 0.130. The average Bonchev–Trinajstić information content (AvgIpc) is 3.17. The number of aromatic nitrogens is 1. The van der Waals surface area contributed by atoms with Crippen molar-refractivity contribution in [3.63, 3.8) is 0 Å². The van der Waals surface area contributed by atoms with E-state index in [1.807, 2.05) is 49.4 Å². The van der Waals surface area contributed by atoms with Crippen LogP contribution in [0, 0.1) is 20.8 Å². The zero-order valence-electron chi connectivity index (χ0n) is 16.4. The van der Waals surface area contributed by atoms with Gasteiger partial charge < -0.3 is 9.88 Å². The number of amides is 1. The van der Waals surface area contributed by atoms with E-state index < -0.39 is 0 Å². The molecular weight excluding hydrogens is 446 g/mol. The predicted molar refractivity (Wildman–Crippen MR) is 125 cm³/mol. The number of aryl methyl sites for hydroxylation is 2. The second-order valence-electron chi connectivity index (χ2n) is 6.91. The van der Waals surface area contributed by atoms with Gasteiger partial charge in [0.05, 0.1) is 10.6 Å². The van der Waals surface area contributed by atoms with E-state index in [0.29, 0.717) is 10.1 Å². The van der Waals surface area contributed by atoms with Gasteiger partial charge in [0.1, 0.15) is 0 Å². The van der Waals surface area contributed by atoms with Crippen molar-refractivity contribution in [3.8, 4) is 5.69 Å². The number of aliphatic imine (C=N–C) groups is 1. The van der Waals surface area contributed by atoms with Crippen LogP contribution >= 0.6 is 27.7 Å². The monoisotopic (exact) mass is 465 g/mol. The van der Waals surface area contributed by atoms with Gasteiger partial charge in [0.15, 0.2) is 5.17 Å². The number of carbonyl (C=O) groups is 1. The van der Waals surface area contributed by atoms with Crippen molar-refractivity contribution in [2.75, 3.05) is 0 Å². The van der Waals surface area contributed by atoms with Gasteiger partial charge in [-0.1, -0.05) is 34.1 Å². The number of hydrogen-bond donors (Lipinski definition) is 1. The molecule has 6 heteroatoms. The van der Waals surface area contributed by atoms with Crippen LogP contribution in [0.1, 0.15) is 22.5 Å². The first-order valence-corrected chi connectivity index (χ1v) is 10.8. The van der Waals surface area contributed by atoms with Gasteiger partial charge in [0.25, 0.3) is 5.91 Å². The van der Waals surface area contributed by atoms with E-state index in [1.165, 1.54) is 11.8 Å². The summed E-state index contributed by atoms with van der Waals surface area (Å²) in [7, 11) is 0. The van der Waals surface area contributed by atoms with E-state index in [2.05, 4.69) is 62.9 Å². The molecule has 0 aliphatic carbocycles. The van der Waals surface area contributed by atoms with Crippen molar-refractivity contribution < 1.29 is 4.79 Å². The lowest BCUT2D eigenvalue weighted by Crippen LogP contribution is -2.19. The molecule has 4 nitrogen and oxygen atoms in total. The minimum Gasteiger partial charge on any atom is -0.318 e. The molecule has 1 saturated heterocycles. The van der Waals surface area contributed by atoms with Crippen molar-refractivity contribution >= 4 is 50.5 Å². The second-order valence-corrected chi connectivity index (χ2v) is 8.85. The summed E-state index contributed by atoms with van der Waals surface area (Å²) in [5.41, 5.74) is 6.28. The molecule has 3 aromatic rings. The van der Waals surface area contributed by atoms with E-state index in [-0.39, 0.29) is 5.91 Å². The predicted octanol–water partition coefficient (Wildman–Crippen LogP) is 6.06. The molecule has 4 rings (SSSR count). The number of benzene rings is 2. The van der Waals surface area contributed by atoms with Crippen LogP contribution in [-0.2, 0) is 4.79 Å². The molecule has 0 unspecified atom stereocenters. The maximum atomic E-state index is 12.5. The molecule has 146 valence electrons. The number of nitrogens with one attached hydrogen (secondary N) is 1. The molecule has 1 aliphatic heterocycles. The quantitative estimate of drug-likeness (QED) is 0.478. The van der Waals surface area contributed by atoms with Crippen molar-refractivity contribution in [2.24, 2.45) is 4.99 Å². The molecule has 0 saturated carbocycles. The number of amidine groups is 1. The number of hydrogen-bond acceptors (Lipinski definition) is 3. The average molecular weight is 466 g/mol. The van der Waals surface area contributed by atoms with Crippen LogP contribution in [0.25, 0.3) is 11.8 Å². The Kier molecular flexibility index (Phi) is 5.48. The van der Waals surface area contributed by atoms with Crippen LogP contribution in [0.4, 0.5) is 5.69 Å². The molecule has 0 radical (unpaired) electrons. The van der Waals surface area contributed by atoms with Crippen molar-refractivity contribution in [2.45, 2.75) is 20.8 Å². The Labute approximate surface area is 182 Å². The Morgan fingerprint density at radius 2 is 1.79 bits per heavy atom. The van der Waals surface area contributed by atoms with Gasteiger partial charge in [-0.3, -0.25) is 4.79 Å². The Balaban J connectivity index is 1.65. The van der Waals surface area contributed by atoms with E-state index in [0.717, 1.165) is 38.4 Å². The van der Waals surface area contributed by atoms with Crippen LogP contribution in [0.5, 0.6) is 0 Å². The zero-order valence-corrected chi connectivity index (χ0v) is 18.8. The summed E-state index contributed by atoms with van der Waals surface area (Å²) in [6.45, 7) is 6.15.